The van der Waals surface area contributed by atoms with Crippen molar-refractivity contribution < 1.29 is 14.3 Å². The van der Waals surface area contributed by atoms with Crippen LogP contribution in [0.1, 0.15) is 20.7 Å². The number of nitrogens with one attached hydrogen (secondary N) is 2. The third-order valence-corrected chi connectivity index (χ3v) is 10.6. The first-order chi connectivity index (χ1) is 25.7. The van der Waals surface area contributed by atoms with E-state index in [2.05, 4.69) is 42.3 Å². The van der Waals surface area contributed by atoms with E-state index in [1.54, 1.807) is 24.1 Å². The highest BCUT2D eigenvalue weighted by Crippen LogP contribution is 2.33. The number of nitrogens with zero attached hydrogens (tertiary/aromatic N) is 8. The van der Waals surface area contributed by atoms with Crippen LogP contribution in [0, 0.1) is 11.5 Å². The van der Waals surface area contributed by atoms with Gasteiger partial charge in [0.2, 0.25) is 12.2 Å². The highest BCUT2D eigenvalue weighted by molar-refractivity contribution is 6.40. The molecule has 0 unspecified atom stereocenters. The van der Waals surface area contributed by atoms with Gasteiger partial charge in [-0.1, -0.05) is 35.3 Å². The number of piperazine rings is 3. The van der Waals surface area contributed by atoms with E-state index in [1.165, 1.54) is 0 Å². The van der Waals surface area contributed by atoms with E-state index < -0.39 is 0 Å². The van der Waals surface area contributed by atoms with Gasteiger partial charge in [0.05, 0.1) is 27.9 Å². The van der Waals surface area contributed by atoms with Crippen LogP contribution in [0.5, 0.6) is 0 Å². The van der Waals surface area contributed by atoms with E-state index in [4.69, 9.17) is 27.9 Å². The molecule has 13 nitrogen and oxygen atoms in total. The number of hydrogen-bond acceptors (Lipinski definition) is 9. The van der Waals surface area contributed by atoms with Crippen molar-refractivity contribution in [2.75, 3.05) is 126 Å². The third kappa shape index (κ3) is 9.51. The Labute approximate surface area is 321 Å². The summed E-state index contributed by atoms with van der Waals surface area (Å²) in [6.07, 6.45) is 1.89. The van der Waals surface area contributed by atoms with Crippen LogP contribution in [0.2, 0.25) is 10.0 Å². The summed E-state index contributed by atoms with van der Waals surface area (Å²) in [5.41, 5.74) is 4.15. The van der Waals surface area contributed by atoms with Crippen molar-refractivity contribution in [2.45, 2.75) is 0 Å². The van der Waals surface area contributed by atoms with Gasteiger partial charge in [-0.05, 0) is 55.6 Å². The number of rotatable bonds is 9. The number of halogens is 2. The zero-order valence-corrected chi connectivity index (χ0v) is 31.7. The first kappa shape index (κ1) is 38.2. The molecule has 3 heterocycles. The van der Waals surface area contributed by atoms with Crippen molar-refractivity contribution in [1.29, 1.82) is 5.26 Å². The summed E-state index contributed by atoms with van der Waals surface area (Å²) < 4.78 is 5.17. The molecule has 3 aromatic carbocycles. The fourth-order valence-corrected chi connectivity index (χ4v) is 7.43. The first-order valence-corrected chi connectivity index (χ1v) is 18.7. The number of guanidine groups is 1. The van der Waals surface area contributed by atoms with E-state index in [-0.39, 0.29) is 21.9 Å². The van der Waals surface area contributed by atoms with Crippen molar-refractivity contribution >= 4 is 63.7 Å². The number of para-hydroxylation sites is 1. The topological polar surface area (TPSA) is 123 Å². The molecule has 3 fully saturated rings. The number of benzene rings is 3. The van der Waals surface area contributed by atoms with Gasteiger partial charge in [0.25, 0.3) is 11.8 Å². The van der Waals surface area contributed by atoms with Crippen LogP contribution in [-0.2, 0) is 4.74 Å². The summed E-state index contributed by atoms with van der Waals surface area (Å²) in [4.78, 5) is 43.6. The number of methoxy groups -OCH3 is 1. The highest BCUT2D eigenvalue weighted by Gasteiger charge is 2.26. The summed E-state index contributed by atoms with van der Waals surface area (Å²) in [5.74, 6) is 0.0690. The van der Waals surface area contributed by atoms with Gasteiger partial charge in [-0.25, -0.2) is 0 Å². The van der Waals surface area contributed by atoms with E-state index in [1.807, 2.05) is 59.6 Å². The molecule has 0 atom stereocenters. The maximum atomic E-state index is 13.4. The summed E-state index contributed by atoms with van der Waals surface area (Å²) in [7, 11) is 3.80. The predicted molar refractivity (Wildman–Crippen MR) is 212 cm³/mol. The second-order valence-corrected chi connectivity index (χ2v) is 14.2. The van der Waals surface area contributed by atoms with Crippen LogP contribution in [0.15, 0.2) is 65.7 Å². The lowest BCUT2D eigenvalue weighted by molar-refractivity contribution is 0.0594. The molecule has 0 spiro atoms. The lowest BCUT2D eigenvalue weighted by atomic mass is 10.1. The number of aliphatic imine (C=N–C) groups is 1. The Morgan fingerprint density at radius 1 is 0.811 bits per heavy atom. The lowest BCUT2D eigenvalue weighted by Crippen LogP contribution is -2.50. The molecule has 6 rings (SSSR count). The molecule has 0 radical (unpaired) electrons. The van der Waals surface area contributed by atoms with Crippen LogP contribution in [0.3, 0.4) is 0 Å². The van der Waals surface area contributed by atoms with Gasteiger partial charge >= 0.3 is 0 Å². The number of ether oxygens (including phenoxy) is 1. The molecule has 0 aliphatic carbocycles. The van der Waals surface area contributed by atoms with Gasteiger partial charge in [0.1, 0.15) is 0 Å². The van der Waals surface area contributed by atoms with Crippen LogP contribution < -0.4 is 20.4 Å². The molecule has 0 aromatic heterocycles. The van der Waals surface area contributed by atoms with Crippen LogP contribution >= 0.6 is 23.2 Å². The molecule has 0 bridgehead atoms. The van der Waals surface area contributed by atoms with Crippen molar-refractivity contribution in [3.05, 3.63) is 81.8 Å². The first-order valence-electron chi connectivity index (χ1n) is 17.9. The van der Waals surface area contributed by atoms with Gasteiger partial charge in [0, 0.05) is 115 Å². The van der Waals surface area contributed by atoms with Crippen molar-refractivity contribution in [3.8, 4) is 6.19 Å². The largest absolute Gasteiger partial charge is 0.383 e. The van der Waals surface area contributed by atoms with Crippen molar-refractivity contribution in [3.63, 3.8) is 0 Å². The number of nitriles is 1. The molecule has 3 aliphatic rings. The third-order valence-electron chi connectivity index (χ3n) is 10.0. The smallest absolute Gasteiger partial charge is 0.257 e. The van der Waals surface area contributed by atoms with Crippen LogP contribution in [0.4, 0.5) is 22.7 Å². The average Bonchev–Trinajstić information content (AvgIpc) is 3.18. The summed E-state index contributed by atoms with van der Waals surface area (Å²) in [6.45, 7) is 10.4. The Hall–Kier alpha value is -4.58. The van der Waals surface area contributed by atoms with Gasteiger partial charge < -0.3 is 39.9 Å². The Balaban J connectivity index is 1.03. The molecule has 3 aromatic rings. The summed E-state index contributed by atoms with van der Waals surface area (Å²) in [6, 6.07) is 18.8. The Morgan fingerprint density at radius 2 is 1.43 bits per heavy atom. The zero-order valence-electron chi connectivity index (χ0n) is 30.2. The van der Waals surface area contributed by atoms with Crippen molar-refractivity contribution in [1.82, 2.24) is 19.6 Å². The fraction of sp³-hybridized carbons (Fsp3) is 0.421. The Bertz CT molecular complexity index is 1790. The maximum absolute atomic E-state index is 13.4. The van der Waals surface area contributed by atoms with Gasteiger partial charge in [-0.15, -0.1) is 4.99 Å². The maximum Gasteiger partial charge on any atom is 0.257 e. The van der Waals surface area contributed by atoms with E-state index in [0.717, 1.165) is 62.9 Å². The monoisotopic (exact) mass is 760 g/mol. The molecular formula is C38H46Cl2N10O3. The standard InChI is InChI=1S/C38H46Cl2N10O3/c1-45-11-15-48(16-12-45)34-6-4-3-5-31(34)36(51)43-29-7-9-30(10-8-29)47-19-21-50(22-20-47)38(42-27-41)44-35-32(39)25-28(26-33(35)40)37(52)49-17-13-46(14-18-49)23-24-53-2/h3-10,25-26H,11-24H2,1-2H3,(H,42,44)(H,43,51). The lowest BCUT2D eigenvalue weighted by Gasteiger charge is -2.37. The van der Waals surface area contributed by atoms with Gasteiger partial charge in [-0.2, -0.15) is 5.26 Å². The van der Waals surface area contributed by atoms with E-state index in [9.17, 15) is 14.9 Å². The Morgan fingerprint density at radius 3 is 2.08 bits per heavy atom. The normalized spacial score (nSPS) is 17.5. The molecule has 280 valence electrons. The van der Waals surface area contributed by atoms with E-state index in [0.29, 0.717) is 68.6 Å². The molecule has 0 saturated carbocycles. The number of carbonyl (C=O) groups is 2. The molecule has 53 heavy (non-hydrogen) atoms. The van der Waals surface area contributed by atoms with Crippen LogP contribution in [0.25, 0.3) is 0 Å². The van der Waals surface area contributed by atoms with Crippen molar-refractivity contribution in [2.24, 2.45) is 4.99 Å². The average molecular weight is 762 g/mol. The van der Waals surface area contributed by atoms with E-state index >= 15 is 0 Å². The SMILES string of the molecule is COCCN1CCN(C(=O)c2cc(Cl)c(N/C(=N/C#N)N3CCN(c4ccc(NC(=O)c5ccccc5N5CCN(C)CC5)cc4)CC3)c(Cl)c2)CC1. The quantitative estimate of drug-likeness (QED) is 0.184. The highest BCUT2D eigenvalue weighted by atomic mass is 35.5. The second-order valence-electron chi connectivity index (χ2n) is 13.4. The molecule has 2 amide bonds. The minimum atomic E-state index is -0.133. The molecule has 3 aliphatic heterocycles. The number of likely N-dealkylation sites (N-methyl/N-ethyl adjacent to an activating group) is 1. The summed E-state index contributed by atoms with van der Waals surface area (Å²) >= 11 is 13.4. The number of anilines is 4. The van der Waals surface area contributed by atoms with Gasteiger partial charge in [0.15, 0.2) is 0 Å². The summed E-state index contributed by atoms with van der Waals surface area (Å²) in [5, 5.41) is 16.3. The molecular weight excluding hydrogens is 715 g/mol. The molecule has 3 saturated heterocycles. The second kappa shape index (κ2) is 18.0. The minimum Gasteiger partial charge on any atom is -0.383 e. The number of carbonyl (C=O) groups excluding carboxylic acids is 2. The van der Waals surface area contributed by atoms with Gasteiger partial charge in [-0.3, -0.25) is 14.5 Å². The molecule has 2 N–H and O–H groups in total. The predicted octanol–water partition coefficient (Wildman–Crippen LogP) is 4.47. The number of amides is 2. The Kier molecular flexibility index (Phi) is 12.9. The molecule has 15 heteroatoms. The fourth-order valence-electron chi connectivity index (χ4n) is 6.85. The zero-order chi connectivity index (χ0) is 37.3. The number of hydrogen-bond donors (Lipinski definition) is 2. The minimum absolute atomic E-state index is 0.129. The van der Waals surface area contributed by atoms with Crippen LogP contribution in [-0.4, -0.2) is 143 Å².